The van der Waals surface area contributed by atoms with Gasteiger partial charge >= 0.3 is 0 Å². The van der Waals surface area contributed by atoms with Crippen molar-refractivity contribution in [2.45, 2.75) is 64.0 Å². The number of benzene rings is 4. The van der Waals surface area contributed by atoms with Crippen LogP contribution in [0.1, 0.15) is 72.3 Å². The molecule has 0 fully saturated rings. The van der Waals surface area contributed by atoms with Crippen molar-refractivity contribution in [1.82, 2.24) is 10.0 Å². The zero-order chi connectivity index (χ0) is 32.4. The predicted molar refractivity (Wildman–Crippen MR) is 173 cm³/mol. The summed E-state index contributed by atoms with van der Waals surface area (Å²) in [5.41, 5.74) is 3.44. The Morgan fingerprint density at radius 2 is 1.53 bits per heavy atom. The lowest BCUT2D eigenvalue weighted by molar-refractivity contribution is -0.119. The zero-order valence-corrected chi connectivity index (χ0v) is 26.6. The molecule has 1 unspecified atom stereocenters. The molecule has 236 valence electrons. The third kappa shape index (κ3) is 9.74. The van der Waals surface area contributed by atoms with E-state index in [2.05, 4.69) is 10.0 Å². The number of carbonyl (C=O) groups excluding carboxylic acids is 2. The van der Waals surface area contributed by atoms with E-state index in [1.165, 1.54) is 24.3 Å². The van der Waals surface area contributed by atoms with Gasteiger partial charge in [0, 0.05) is 12.0 Å². The molecule has 0 aliphatic carbocycles. The maximum atomic E-state index is 13.8. The maximum Gasteiger partial charge on any atom is 0.264 e. The molecule has 0 aliphatic rings. The molecular weight excluding hydrogens is 591 g/mol. The summed E-state index contributed by atoms with van der Waals surface area (Å²) < 4.78 is 47.3. The molecule has 0 bridgehead atoms. The predicted octanol–water partition coefficient (Wildman–Crippen LogP) is 6.92. The van der Waals surface area contributed by atoms with E-state index in [0.717, 1.165) is 23.1 Å². The highest BCUT2D eigenvalue weighted by molar-refractivity contribution is 7.90. The lowest BCUT2D eigenvalue weighted by Crippen LogP contribution is -2.32. The van der Waals surface area contributed by atoms with Crippen LogP contribution in [0.15, 0.2) is 102 Å². The Kier molecular flexibility index (Phi) is 11.5. The van der Waals surface area contributed by atoms with Gasteiger partial charge in [-0.1, -0.05) is 75.4 Å². The summed E-state index contributed by atoms with van der Waals surface area (Å²) in [4.78, 5) is 26.6. The fourth-order valence-corrected chi connectivity index (χ4v) is 5.93. The molecule has 0 aromatic heterocycles. The highest BCUT2D eigenvalue weighted by Crippen LogP contribution is 2.24. The van der Waals surface area contributed by atoms with Gasteiger partial charge in [0.25, 0.3) is 15.9 Å². The summed E-state index contributed by atoms with van der Waals surface area (Å²) in [7, 11) is -4.04. The first-order valence-corrected chi connectivity index (χ1v) is 16.5. The monoisotopic (exact) mass is 630 g/mol. The van der Waals surface area contributed by atoms with E-state index in [4.69, 9.17) is 4.74 Å². The number of para-hydroxylation sites is 1. The van der Waals surface area contributed by atoms with Crippen LogP contribution in [0.4, 0.5) is 4.39 Å². The number of halogens is 1. The molecule has 1 atom stereocenters. The lowest BCUT2D eigenvalue weighted by atomic mass is 9.95. The number of carbonyl (C=O) groups is 2. The van der Waals surface area contributed by atoms with Crippen LogP contribution in [0.2, 0.25) is 0 Å². The Balaban J connectivity index is 1.54. The summed E-state index contributed by atoms with van der Waals surface area (Å²) in [6, 6.07) is 26.7. The van der Waals surface area contributed by atoms with Crippen LogP contribution in [0.3, 0.4) is 0 Å². The van der Waals surface area contributed by atoms with Crippen LogP contribution in [0.25, 0.3) is 0 Å². The molecule has 4 aromatic rings. The highest BCUT2D eigenvalue weighted by atomic mass is 32.2. The molecule has 45 heavy (non-hydrogen) atoms. The molecule has 4 aromatic carbocycles. The number of hydrogen-bond acceptors (Lipinski definition) is 5. The average Bonchev–Trinajstić information content (AvgIpc) is 3.03. The van der Waals surface area contributed by atoms with E-state index in [-0.39, 0.29) is 48.0 Å². The van der Waals surface area contributed by atoms with Gasteiger partial charge in [-0.3, -0.25) is 9.59 Å². The van der Waals surface area contributed by atoms with Gasteiger partial charge in [-0.25, -0.2) is 17.5 Å². The molecule has 0 radical (unpaired) electrons. The Morgan fingerprint density at radius 1 is 0.867 bits per heavy atom. The zero-order valence-electron chi connectivity index (χ0n) is 25.8. The number of nitrogens with one attached hydrogen (secondary N) is 2. The third-order valence-corrected chi connectivity index (χ3v) is 8.75. The fourth-order valence-electron chi connectivity index (χ4n) is 4.92. The second kappa shape index (κ2) is 15.5. The van der Waals surface area contributed by atoms with E-state index in [9.17, 15) is 22.4 Å². The van der Waals surface area contributed by atoms with Gasteiger partial charge in [-0.05, 0) is 89.9 Å². The summed E-state index contributed by atoms with van der Waals surface area (Å²) in [6.45, 7) is 6.27. The van der Waals surface area contributed by atoms with Gasteiger partial charge in [0.2, 0.25) is 5.91 Å². The number of sulfonamides is 1. The first-order valence-electron chi connectivity index (χ1n) is 15.0. The summed E-state index contributed by atoms with van der Waals surface area (Å²) in [5, 5.41) is 3.10. The maximum absolute atomic E-state index is 13.8. The van der Waals surface area contributed by atoms with E-state index in [0.29, 0.717) is 23.3 Å². The molecule has 7 nitrogen and oxygen atoms in total. The quantitative estimate of drug-likeness (QED) is 0.158. The summed E-state index contributed by atoms with van der Waals surface area (Å²) >= 11 is 0. The molecule has 9 heteroatoms. The molecular formula is C36H39FN2O5S. The number of amides is 2. The Bertz CT molecular complexity index is 1690. The van der Waals surface area contributed by atoms with Crippen LogP contribution in [0.5, 0.6) is 5.75 Å². The van der Waals surface area contributed by atoms with Gasteiger partial charge in [0.05, 0.1) is 10.9 Å². The number of ether oxygens (including phenoxy) is 1. The highest BCUT2D eigenvalue weighted by Gasteiger charge is 2.22. The van der Waals surface area contributed by atoms with Gasteiger partial charge in [0.15, 0.2) is 0 Å². The fraction of sp³-hybridized carbons (Fsp3) is 0.278. The van der Waals surface area contributed by atoms with Gasteiger partial charge in [-0.2, -0.15) is 0 Å². The van der Waals surface area contributed by atoms with E-state index < -0.39 is 15.9 Å². The number of hydrogen-bond donors (Lipinski definition) is 2. The molecule has 0 aliphatic heterocycles. The van der Waals surface area contributed by atoms with E-state index in [1.807, 2.05) is 57.2 Å². The third-order valence-electron chi connectivity index (χ3n) is 7.36. The van der Waals surface area contributed by atoms with Crippen molar-refractivity contribution in [2.75, 3.05) is 0 Å². The van der Waals surface area contributed by atoms with Gasteiger partial charge in [-0.15, -0.1) is 0 Å². The minimum atomic E-state index is -4.04. The summed E-state index contributed by atoms with van der Waals surface area (Å²) in [5.74, 6) is -0.468. The van der Waals surface area contributed by atoms with Gasteiger partial charge in [0.1, 0.15) is 18.2 Å². The van der Waals surface area contributed by atoms with Crippen molar-refractivity contribution in [2.24, 2.45) is 5.92 Å². The normalized spacial score (nSPS) is 12.0. The first-order chi connectivity index (χ1) is 21.5. The van der Waals surface area contributed by atoms with Crippen molar-refractivity contribution >= 4 is 21.8 Å². The number of rotatable bonds is 14. The number of aryl methyl sites for hydroxylation is 2. The molecule has 2 amide bonds. The minimum absolute atomic E-state index is 0.00729. The Labute approximate surface area is 264 Å². The molecule has 0 heterocycles. The van der Waals surface area contributed by atoms with Crippen molar-refractivity contribution in [3.05, 3.63) is 131 Å². The Hall–Kier alpha value is -4.50. The van der Waals surface area contributed by atoms with Crippen molar-refractivity contribution < 1.29 is 27.1 Å². The van der Waals surface area contributed by atoms with Gasteiger partial charge < -0.3 is 10.1 Å². The molecule has 0 saturated heterocycles. The minimum Gasteiger partial charge on any atom is -0.489 e. The van der Waals surface area contributed by atoms with E-state index in [1.54, 1.807) is 36.4 Å². The lowest BCUT2D eigenvalue weighted by Gasteiger charge is -2.22. The average molecular weight is 631 g/mol. The molecule has 0 spiro atoms. The molecule has 4 rings (SSSR count). The molecule has 0 saturated carbocycles. The van der Waals surface area contributed by atoms with Crippen molar-refractivity contribution in [1.29, 1.82) is 0 Å². The second-order valence-electron chi connectivity index (χ2n) is 11.3. The topological polar surface area (TPSA) is 102 Å². The van der Waals surface area contributed by atoms with Crippen LogP contribution in [-0.2, 0) is 34.3 Å². The smallest absolute Gasteiger partial charge is 0.264 e. The van der Waals surface area contributed by atoms with Crippen molar-refractivity contribution in [3.63, 3.8) is 0 Å². The standard InChI is InChI=1S/C36H39FN2O5S/c1-4-26-11-19-32(20-12-26)45(42,43)39-35(40)21-16-28-13-10-27(24-44-31-8-6-5-7-9-31)23-33(28)36(41)38-34(22-25(2)3)29-14-17-30(37)18-15-29/h5-15,17-20,23,25,34H,4,16,21-22,24H2,1-3H3,(H,38,41)(H,39,40). The van der Waals surface area contributed by atoms with Crippen LogP contribution in [-0.4, -0.2) is 20.2 Å². The van der Waals surface area contributed by atoms with E-state index >= 15 is 0 Å². The van der Waals surface area contributed by atoms with Crippen LogP contribution in [0, 0.1) is 11.7 Å². The van der Waals surface area contributed by atoms with Crippen LogP contribution >= 0.6 is 0 Å². The largest absolute Gasteiger partial charge is 0.489 e. The first kappa shape index (κ1) is 33.4. The van der Waals surface area contributed by atoms with Crippen LogP contribution < -0.4 is 14.8 Å². The van der Waals surface area contributed by atoms with Crippen molar-refractivity contribution in [3.8, 4) is 5.75 Å². The SMILES string of the molecule is CCc1ccc(S(=O)(=O)NC(=O)CCc2ccc(COc3ccccc3)cc2C(=O)NC(CC(C)C)c2ccc(F)cc2)cc1. The molecule has 2 N–H and O–H groups in total. The Morgan fingerprint density at radius 3 is 2.18 bits per heavy atom. The summed E-state index contributed by atoms with van der Waals surface area (Å²) in [6.07, 6.45) is 1.37. The second-order valence-corrected chi connectivity index (χ2v) is 13.0.